The van der Waals surface area contributed by atoms with E-state index in [-0.39, 0.29) is 7.43 Å². The van der Waals surface area contributed by atoms with Crippen LogP contribution in [0.1, 0.15) is 140 Å². The van der Waals surface area contributed by atoms with Crippen LogP contribution in [0.4, 0.5) is 0 Å². The van der Waals surface area contributed by atoms with E-state index in [0.717, 1.165) is 19.3 Å². The molecule has 0 heteroatoms. The van der Waals surface area contributed by atoms with Crippen molar-refractivity contribution in [2.75, 3.05) is 0 Å². The SMILES string of the molecule is C.CC.CC.CC.CC.CC.CC.CC.CCc1cccc(CC)c1.c1ccc(Cc2ccccc2)cc1.c1ccccc1. The molecular formula is C44H78. The van der Waals surface area contributed by atoms with Gasteiger partial charge in [-0.25, -0.2) is 0 Å². The summed E-state index contributed by atoms with van der Waals surface area (Å²) in [5, 5.41) is 0. The third kappa shape index (κ3) is 41.0. The molecule has 254 valence electrons. The standard InChI is InChI=1S/C13H12.C10H14.C6H6.7C2H6.CH4/c1-3-7-12(8-4-1)11-13-9-5-2-6-10-13;1-3-9-6-5-7-10(4-2)8-9;1-2-4-6-5-3-1;7*1-2;/h1-10H,11H2;5-8H,3-4H2,1-2H3;1-6H;7*1-2H3;1H4. The van der Waals surface area contributed by atoms with Crippen LogP contribution >= 0.6 is 0 Å². The number of benzene rings is 4. The van der Waals surface area contributed by atoms with Gasteiger partial charge in [-0.15, -0.1) is 0 Å². The number of rotatable bonds is 4. The van der Waals surface area contributed by atoms with Crippen molar-refractivity contribution < 1.29 is 0 Å². The Balaban J connectivity index is -0.0000000792. The lowest BCUT2D eigenvalue weighted by Crippen LogP contribution is -1.85. The quantitative estimate of drug-likeness (QED) is 0.217. The van der Waals surface area contributed by atoms with Crippen LogP contribution in [0.25, 0.3) is 0 Å². The molecule has 0 aliphatic rings. The lowest BCUT2D eigenvalue weighted by atomic mass is 10.1. The molecule has 4 aromatic rings. The zero-order valence-electron chi connectivity index (χ0n) is 31.7. The van der Waals surface area contributed by atoms with Gasteiger partial charge in [0.25, 0.3) is 0 Å². The molecule has 0 fully saturated rings. The molecule has 4 rings (SSSR count). The Labute approximate surface area is 280 Å². The van der Waals surface area contributed by atoms with E-state index in [0.29, 0.717) is 0 Å². The minimum absolute atomic E-state index is 0. The van der Waals surface area contributed by atoms with E-state index >= 15 is 0 Å². The minimum Gasteiger partial charge on any atom is -0.0776 e. The second kappa shape index (κ2) is 59.3. The lowest BCUT2D eigenvalue weighted by Gasteiger charge is -2.00. The highest BCUT2D eigenvalue weighted by molar-refractivity contribution is 5.25. The molecule has 0 N–H and O–H groups in total. The van der Waals surface area contributed by atoms with E-state index < -0.39 is 0 Å². The highest BCUT2D eigenvalue weighted by Gasteiger charge is 1.92. The predicted octanol–water partition coefficient (Wildman–Crippen LogP) is 15.6. The van der Waals surface area contributed by atoms with Crippen molar-refractivity contribution in [1.29, 1.82) is 0 Å². The van der Waals surface area contributed by atoms with Gasteiger partial charge < -0.3 is 0 Å². The van der Waals surface area contributed by atoms with E-state index in [1.807, 2.05) is 133 Å². The molecule has 0 aliphatic carbocycles. The summed E-state index contributed by atoms with van der Waals surface area (Å²) in [7, 11) is 0. The highest BCUT2D eigenvalue weighted by atomic mass is 14.0. The van der Waals surface area contributed by atoms with Crippen molar-refractivity contribution in [1.82, 2.24) is 0 Å². The molecule has 0 saturated heterocycles. The largest absolute Gasteiger partial charge is 0.0776 e. The van der Waals surface area contributed by atoms with Gasteiger partial charge in [0.05, 0.1) is 0 Å². The van der Waals surface area contributed by atoms with E-state index in [4.69, 9.17) is 0 Å². The summed E-state index contributed by atoms with van der Waals surface area (Å²) in [6.45, 7) is 32.4. The van der Waals surface area contributed by atoms with Gasteiger partial charge in [0.2, 0.25) is 0 Å². The van der Waals surface area contributed by atoms with Gasteiger partial charge in [-0.3, -0.25) is 0 Å². The van der Waals surface area contributed by atoms with Crippen LogP contribution in [0.5, 0.6) is 0 Å². The Morgan fingerprint density at radius 2 is 0.500 bits per heavy atom. The second-order valence-corrected chi connectivity index (χ2v) is 6.83. The molecule has 0 atom stereocenters. The molecule has 0 nitrogen and oxygen atoms in total. The predicted molar refractivity (Wildman–Crippen MR) is 213 cm³/mol. The molecule has 44 heavy (non-hydrogen) atoms. The van der Waals surface area contributed by atoms with Crippen LogP contribution in [0.3, 0.4) is 0 Å². The smallest absolute Gasteiger partial charge is 0.00258 e. The average molecular weight is 607 g/mol. The summed E-state index contributed by atoms with van der Waals surface area (Å²) in [6, 6.07) is 41.8. The summed E-state index contributed by atoms with van der Waals surface area (Å²) in [5.74, 6) is 0. The fourth-order valence-corrected chi connectivity index (χ4v) is 2.88. The van der Waals surface area contributed by atoms with Gasteiger partial charge in [0, 0.05) is 0 Å². The van der Waals surface area contributed by atoms with Crippen LogP contribution in [0, 0.1) is 0 Å². The van der Waals surface area contributed by atoms with Crippen molar-refractivity contribution in [2.24, 2.45) is 0 Å². The summed E-state index contributed by atoms with van der Waals surface area (Å²) < 4.78 is 0. The molecule has 0 aromatic heterocycles. The fraction of sp³-hybridized carbons (Fsp3) is 0.455. The molecule has 0 spiro atoms. The molecule has 0 bridgehead atoms. The van der Waals surface area contributed by atoms with Crippen molar-refractivity contribution in [3.05, 3.63) is 144 Å². The van der Waals surface area contributed by atoms with Crippen molar-refractivity contribution in [2.45, 2.75) is 137 Å². The second-order valence-electron chi connectivity index (χ2n) is 6.83. The van der Waals surface area contributed by atoms with E-state index in [1.165, 1.54) is 22.3 Å². The third-order valence-corrected chi connectivity index (χ3v) is 4.57. The van der Waals surface area contributed by atoms with Gasteiger partial charge >= 0.3 is 0 Å². The zero-order chi connectivity index (χ0) is 34.6. The van der Waals surface area contributed by atoms with Gasteiger partial charge in [-0.1, -0.05) is 240 Å². The average Bonchev–Trinajstić information content (AvgIpc) is 3.16. The maximum absolute atomic E-state index is 2.28. The molecular weight excluding hydrogens is 528 g/mol. The molecule has 0 heterocycles. The van der Waals surface area contributed by atoms with Crippen LogP contribution in [0.2, 0.25) is 0 Å². The Hall–Kier alpha value is -3.12. The third-order valence-electron chi connectivity index (χ3n) is 4.57. The van der Waals surface area contributed by atoms with E-state index in [2.05, 4.69) is 98.8 Å². The first kappa shape index (κ1) is 56.6. The Morgan fingerprint density at radius 3 is 0.727 bits per heavy atom. The molecule has 0 amide bonds. The summed E-state index contributed by atoms with van der Waals surface area (Å²) >= 11 is 0. The Bertz CT molecular complexity index is 797. The maximum atomic E-state index is 2.28. The topological polar surface area (TPSA) is 0 Å². The highest BCUT2D eigenvalue weighted by Crippen LogP contribution is 2.08. The van der Waals surface area contributed by atoms with Gasteiger partial charge in [0.1, 0.15) is 0 Å². The molecule has 0 aliphatic heterocycles. The first-order valence-electron chi connectivity index (χ1n) is 17.5. The monoisotopic (exact) mass is 607 g/mol. The lowest BCUT2D eigenvalue weighted by molar-refractivity contribution is 1.09. The van der Waals surface area contributed by atoms with Crippen molar-refractivity contribution in [3.63, 3.8) is 0 Å². The maximum Gasteiger partial charge on any atom is -0.00258 e. The van der Waals surface area contributed by atoms with Crippen LogP contribution < -0.4 is 0 Å². The van der Waals surface area contributed by atoms with Crippen LogP contribution in [-0.4, -0.2) is 0 Å². The van der Waals surface area contributed by atoms with Crippen molar-refractivity contribution >= 4 is 0 Å². The molecule has 0 unspecified atom stereocenters. The first-order chi connectivity index (χ1) is 21.3. The van der Waals surface area contributed by atoms with E-state index in [1.54, 1.807) is 0 Å². The zero-order valence-corrected chi connectivity index (χ0v) is 31.7. The summed E-state index contributed by atoms with van der Waals surface area (Å²) in [5.41, 5.74) is 5.63. The molecule has 0 radical (unpaired) electrons. The summed E-state index contributed by atoms with van der Waals surface area (Å²) in [4.78, 5) is 0. The Morgan fingerprint density at radius 1 is 0.295 bits per heavy atom. The number of aryl methyl sites for hydroxylation is 2. The number of hydrogen-bond acceptors (Lipinski definition) is 0. The van der Waals surface area contributed by atoms with Gasteiger partial charge in [0.15, 0.2) is 0 Å². The molecule has 4 aromatic carbocycles. The summed E-state index contributed by atoms with van der Waals surface area (Å²) in [6.07, 6.45) is 3.32. The fourth-order valence-electron chi connectivity index (χ4n) is 2.88. The van der Waals surface area contributed by atoms with Crippen LogP contribution in [-0.2, 0) is 19.3 Å². The van der Waals surface area contributed by atoms with Gasteiger partial charge in [-0.2, -0.15) is 0 Å². The number of hydrogen-bond donors (Lipinski definition) is 0. The normalized spacial score (nSPS) is 7.18. The van der Waals surface area contributed by atoms with E-state index in [9.17, 15) is 0 Å². The molecule has 0 saturated carbocycles. The van der Waals surface area contributed by atoms with Crippen molar-refractivity contribution in [3.8, 4) is 0 Å². The van der Waals surface area contributed by atoms with Crippen LogP contribution in [0.15, 0.2) is 121 Å². The van der Waals surface area contributed by atoms with Gasteiger partial charge in [-0.05, 0) is 41.5 Å². The minimum atomic E-state index is 0. The Kier molecular flexibility index (Phi) is 76.4. The first-order valence-corrected chi connectivity index (χ1v) is 17.5.